The summed E-state index contributed by atoms with van der Waals surface area (Å²) in [6.07, 6.45) is 1.47. The molecule has 1 aromatic carbocycles. The molecular weight excluding hydrogens is 316 g/mol. The fourth-order valence-corrected chi connectivity index (χ4v) is 2.45. The number of halogens is 4. The van der Waals surface area contributed by atoms with Crippen LogP contribution >= 0.6 is 46.4 Å². The molecule has 0 fully saturated rings. The number of pyridine rings is 1. The molecular formula is C12H7Cl4NO. The van der Waals surface area contributed by atoms with Crippen molar-refractivity contribution in [3.05, 3.63) is 50.0 Å². The number of benzene rings is 1. The van der Waals surface area contributed by atoms with Crippen LogP contribution in [0.15, 0.2) is 24.4 Å². The van der Waals surface area contributed by atoms with E-state index in [0.717, 1.165) is 0 Å². The third kappa shape index (κ3) is 2.73. The van der Waals surface area contributed by atoms with Crippen LogP contribution in [0.5, 0.6) is 0 Å². The monoisotopic (exact) mass is 321 g/mol. The van der Waals surface area contributed by atoms with Crippen molar-refractivity contribution >= 4 is 46.4 Å². The van der Waals surface area contributed by atoms with Gasteiger partial charge < -0.3 is 5.11 Å². The summed E-state index contributed by atoms with van der Waals surface area (Å²) >= 11 is 23.9. The summed E-state index contributed by atoms with van der Waals surface area (Å²) in [5, 5.41) is 10.9. The molecule has 0 bridgehead atoms. The Kier molecular flexibility index (Phi) is 4.36. The molecule has 0 unspecified atom stereocenters. The van der Waals surface area contributed by atoms with Gasteiger partial charge in [-0.2, -0.15) is 0 Å². The third-order valence-electron chi connectivity index (χ3n) is 2.35. The molecule has 2 aromatic rings. The zero-order valence-electron chi connectivity index (χ0n) is 8.92. The zero-order chi connectivity index (χ0) is 13.3. The molecule has 94 valence electrons. The highest BCUT2D eigenvalue weighted by molar-refractivity contribution is 6.45. The van der Waals surface area contributed by atoms with Crippen LogP contribution in [0.4, 0.5) is 0 Å². The first-order chi connectivity index (χ1) is 8.52. The van der Waals surface area contributed by atoms with Crippen molar-refractivity contribution < 1.29 is 5.11 Å². The van der Waals surface area contributed by atoms with Crippen molar-refractivity contribution in [3.63, 3.8) is 0 Å². The molecule has 0 amide bonds. The van der Waals surface area contributed by atoms with Gasteiger partial charge >= 0.3 is 0 Å². The molecule has 0 atom stereocenters. The fraction of sp³-hybridized carbons (Fsp3) is 0.0833. The second kappa shape index (κ2) is 5.64. The minimum Gasteiger partial charge on any atom is -0.392 e. The molecule has 1 N–H and O–H groups in total. The first kappa shape index (κ1) is 13.9. The lowest BCUT2D eigenvalue weighted by Gasteiger charge is -2.10. The highest BCUT2D eigenvalue weighted by Gasteiger charge is 2.14. The van der Waals surface area contributed by atoms with E-state index in [9.17, 15) is 5.11 Å². The Labute approximate surface area is 124 Å². The van der Waals surface area contributed by atoms with Crippen molar-refractivity contribution in [1.29, 1.82) is 0 Å². The normalized spacial score (nSPS) is 10.7. The summed E-state index contributed by atoms with van der Waals surface area (Å²) in [5.74, 6) is 0. The first-order valence-electron chi connectivity index (χ1n) is 4.93. The van der Waals surface area contributed by atoms with Gasteiger partial charge in [0, 0.05) is 22.3 Å². The van der Waals surface area contributed by atoms with Crippen LogP contribution < -0.4 is 0 Å². The van der Waals surface area contributed by atoms with Gasteiger partial charge in [-0.1, -0.05) is 46.4 Å². The molecule has 0 aliphatic heterocycles. The minimum atomic E-state index is -0.205. The summed E-state index contributed by atoms with van der Waals surface area (Å²) in [6, 6.07) is 4.81. The smallest absolute Gasteiger partial charge is 0.0774 e. The molecule has 2 rings (SSSR count). The van der Waals surface area contributed by atoms with E-state index < -0.39 is 0 Å². The summed E-state index contributed by atoms with van der Waals surface area (Å²) in [5.41, 5.74) is 1.63. The molecule has 0 aliphatic carbocycles. The Hall–Kier alpha value is -0.510. The Morgan fingerprint density at radius 2 is 1.72 bits per heavy atom. The van der Waals surface area contributed by atoms with Crippen LogP contribution in [0.2, 0.25) is 20.1 Å². The van der Waals surface area contributed by atoms with Gasteiger partial charge in [0.25, 0.3) is 0 Å². The highest BCUT2D eigenvalue weighted by Crippen LogP contribution is 2.37. The van der Waals surface area contributed by atoms with Crippen LogP contribution in [0.3, 0.4) is 0 Å². The molecule has 1 heterocycles. The van der Waals surface area contributed by atoms with Gasteiger partial charge in [0.15, 0.2) is 0 Å². The van der Waals surface area contributed by atoms with Gasteiger partial charge in [0.2, 0.25) is 0 Å². The number of rotatable bonds is 2. The molecule has 0 aliphatic rings. The van der Waals surface area contributed by atoms with Crippen LogP contribution in [0, 0.1) is 0 Å². The summed E-state index contributed by atoms with van der Waals surface area (Å²) in [4.78, 5) is 4.17. The zero-order valence-corrected chi connectivity index (χ0v) is 11.9. The molecule has 18 heavy (non-hydrogen) atoms. The predicted octanol–water partition coefficient (Wildman–Crippen LogP) is 4.85. The molecule has 0 saturated carbocycles. The fourth-order valence-electron chi connectivity index (χ4n) is 1.57. The Morgan fingerprint density at radius 1 is 1.00 bits per heavy atom. The second-order valence-corrected chi connectivity index (χ2v) is 5.23. The third-order valence-corrected chi connectivity index (χ3v) is 3.58. The number of hydrogen-bond acceptors (Lipinski definition) is 2. The van der Waals surface area contributed by atoms with Gasteiger partial charge in [-0.25, -0.2) is 0 Å². The summed E-state index contributed by atoms with van der Waals surface area (Å²) in [7, 11) is 0. The lowest BCUT2D eigenvalue weighted by Crippen LogP contribution is -1.94. The number of aliphatic hydroxyl groups excluding tert-OH is 1. The van der Waals surface area contributed by atoms with Crippen LogP contribution in [-0.2, 0) is 6.61 Å². The predicted molar refractivity (Wildman–Crippen MR) is 75.6 cm³/mol. The number of aromatic nitrogens is 1. The summed E-state index contributed by atoms with van der Waals surface area (Å²) in [6.45, 7) is -0.205. The minimum absolute atomic E-state index is 0.205. The van der Waals surface area contributed by atoms with Gasteiger partial charge in [-0.05, 0) is 18.2 Å². The highest BCUT2D eigenvalue weighted by atomic mass is 35.5. The van der Waals surface area contributed by atoms with Gasteiger partial charge in [0.05, 0.1) is 27.4 Å². The molecule has 1 aromatic heterocycles. The van der Waals surface area contributed by atoms with Gasteiger partial charge in [-0.3, -0.25) is 4.98 Å². The van der Waals surface area contributed by atoms with E-state index >= 15 is 0 Å². The van der Waals surface area contributed by atoms with Gasteiger partial charge in [-0.15, -0.1) is 0 Å². The van der Waals surface area contributed by atoms with E-state index in [1.54, 1.807) is 18.2 Å². The Morgan fingerprint density at radius 3 is 2.39 bits per heavy atom. The lowest BCUT2D eigenvalue weighted by atomic mass is 10.1. The number of nitrogens with zero attached hydrogens (tertiary/aromatic N) is 1. The maximum absolute atomic E-state index is 9.33. The molecule has 0 saturated heterocycles. The van der Waals surface area contributed by atoms with Crippen molar-refractivity contribution in [2.24, 2.45) is 0 Å². The maximum Gasteiger partial charge on any atom is 0.0774 e. The van der Waals surface area contributed by atoms with Crippen molar-refractivity contribution in [1.82, 2.24) is 4.98 Å². The topological polar surface area (TPSA) is 33.1 Å². The average molecular weight is 323 g/mol. The van der Waals surface area contributed by atoms with E-state index in [2.05, 4.69) is 4.98 Å². The quantitative estimate of drug-likeness (QED) is 0.801. The van der Waals surface area contributed by atoms with E-state index in [1.165, 1.54) is 6.20 Å². The standard InChI is InChI=1S/C12H7Cl4NO/c13-7-2-9(11(16)10(15)3-7)12-6(5-18)1-8(14)4-17-12/h1-4,18H,5H2. The Balaban J connectivity index is 2.69. The molecule has 0 radical (unpaired) electrons. The van der Waals surface area contributed by atoms with E-state index in [0.29, 0.717) is 36.9 Å². The van der Waals surface area contributed by atoms with Crippen LogP contribution in [0.25, 0.3) is 11.3 Å². The SMILES string of the molecule is OCc1cc(Cl)cnc1-c1cc(Cl)cc(Cl)c1Cl. The number of hydrogen-bond donors (Lipinski definition) is 1. The Bertz CT molecular complexity index is 601. The van der Waals surface area contributed by atoms with Crippen LogP contribution in [-0.4, -0.2) is 10.1 Å². The van der Waals surface area contributed by atoms with Crippen molar-refractivity contribution in [2.75, 3.05) is 0 Å². The molecule has 0 spiro atoms. The van der Waals surface area contributed by atoms with Crippen LogP contribution in [0.1, 0.15) is 5.56 Å². The van der Waals surface area contributed by atoms with E-state index in [1.807, 2.05) is 0 Å². The van der Waals surface area contributed by atoms with E-state index in [-0.39, 0.29) is 6.61 Å². The largest absolute Gasteiger partial charge is 0.392 e. The second-order valence-electron chi connectivity index (χ2n) is 3.57. The molecule has 6 heteroatoms. The van der Waals surface area contributed by atoms with Crippen molar-refractivity contribution in [3.8, 4) is 11.3 Å². The van der Waals surface area contributed by atoms with Crippen molar-refractivity contribution in [2.45, 2.75) is 6.61 Å². The first-order valence-corrected chi connectivity index (χ1v) is 6.44. The lowest BCUT2D eigenvalue weighted by molar-refractivity contribution is 0.282. The summed E-state index contributed by atoms with van der Waals surface area (Å²) < 4.78 is 0. The number of aliphatic hydroxyl groups is 1. The van der Waals surface area contributed by atoms with Gasteiger partial charge in [0.1, 0.15) is 0 Å². The molecule has 2 nitrogen and oxygen atoms in total. The van der Waals surface area contributed by atoms with E-state index in [4.69, 9.17) is 46.4 Å². The maximum atomic E-state index is 9.33. The average Bonchev–Trinajstić information content (AvgIpc) is 2.34.